The Balaban J connectivity index is 3.12. The van der Waals surface area contributed by atoms with Crippen molar-refractivity contribution < 1.29 is 8.42 Å². The second kappa shape index (κ2) is 2.17. The van der Waals surface area contributed by atoms with Crippen LogP contribution < -0.4 is 5.73 Å². The lowest BCUT2D eigenvalue weighted by Crippen LogP contribution is -2.01. The molecule has 1 heterocycles. The fraction of sp³-hybridized carbons (Fsp3) is 0.400. The van der Waals surface area contributed by atoms with Crippen molar-refractivity contribution in [2.24, 2.45) is 10.7 Å². The van der Waals surface area contributed by atoms with Crippen LogP contribution in [0.3, 0.4) is 0 Å². The van der Waals surface area contributed by atoms with E-state index in [1.165, 1.54) is 6.92 Å². The Bertz CT molecular complexity index is 300. The molecule has 0 spiro atoms. The molecule has 0 aromatic rings. The molecule has 1 aliphatic rings. The van der Waals surface area contributed by atoms with Crippen molar-refractivity contribution in [2.75, 3.05) is 6.54 Å². The predicted molar refractivity (Wildman–Crippen MR) is 39.2 cm³/mol. The van der Waals surface area contributed by atoms with E-state index in [1.54, 1.807) is 0 Å². The third-order valence-corrected chi connectivity index (χ3v) is 2.71. The molecule has 1 rings (SSSR count). The van der Waals surface area contributed by atoms with Crippen LogP contribution in [-0.4, -0.2) is 20.0 Å². The van der Waals surface area contributed by atoms with Gasteiger partial charge in [0.1, 0.15) is 5.04 Å². The first-order valence-electron chi connectivity index (χ1n) is 2.77. The zero-order valence-electron chi connectivity index (χ0n) is 5.53. The van der Waals surface area contributed by atoms with Gasteiger partial charge >= 0.3 is 0 Å². The molecule has 0 bridgehead atoms. The van der Waals surface area contributed by atoms with Crippen molar-refractivity contribution in [1.82, 2.24) is 0 Å². The first-order valence-corrected chi connectivity index (χ1v) is 4.32. The van der Waals surface area contributed by atoms with Crippen molar-refractivity contribution in [3.63, 3.8) is 0 Å². The van der Waals surface area contributed by atoms with Crippen molar-refractivity contribution in [1.29, 1.82) is 0 Å². The number of aliphatic imine (C=N–C) groups is 1. The van der Waals surface area contributed by atoms with Crippen LogP contribution in [0, 0.1) is 0 Å². The number of nitrogens with two attached hydrogens (primary N) is 1. The van der Waals surface area contributed by atoms with Crippen LogP contribution in [0.25, 0.3) is 0 Å². The average Bonchev–Trinajstić information content (AvgIpc) is 2.08. The fourth-order valence-corrected chi connectivity index (χ4v) is 1.57. The van der Waals surface area contributed by atoms with Gasteiger partial charge in [-0.05, 0) is 6.92 Å². The zero-order valence-corrected chi connectivity index (χ0v) is 6.35. The van der Waals surface area contributed by atoms with Crippen LogP contribution >= 0.6 is 0 Å². The summed E-state index contributed by atoms with van der Waals surface area (Å²) in [6.45, 7) is 1.63. The van der Waals surface area contributed by atoms with E-state index in [1.807, 2.05) is 0 Å². The van der Waals surface area contributed by atoms with E-state index in [0.29, 0.717) is 5.70 Å². The molecule has 0 aromatic carbocycles. The van der Waals surface area contributed by atoms with E-state index in [2.05, 4.69) is 4.99 Å². The van der Waals surface area contributed by atoms with E-state index >= 15 is 0 Å². The van der Waals surface area contributed by atoms with Crippen molar-refractivity contribution in [2.45, 2.75) is 6.92 Å². The van der Waals surface area contributed by atoms with E-state index < -0.39 is 9.84 Å². The van der Waals surface area contributed by atoms with Crippen LogP contribution in [0.2, 0.25) is 0 Å². The summed E-state index contributed by atoms with van der Waals surface area (Å²) in [4.78, 5) is 3.72. The molecule has 5 heteroatoms. The second-order valence-electron chi connectivity index (χ2n) is 1.99. The topological polar surface area (TPSA) is 72.5 Å². The summed E-state index contributed by atoms with van der Waals surface area (Å²) in [5, 5.41) is 1.23. The number of hydrogen-bond acceptors (Lipinski definition) is 4. The maximum absolute atomic E-state index is 10.9. The number of rotatable bonds is 1. The molecular formula is C5H8N2O2S. The van der Waals surface area contributed by atoms with Gasteiger partial charge in [-0.1, -0.05) is 0 Å². The molecule has 0 fully saturated rings. The highest BCUT2D eigenvalue weighted by molar-refractivity contribution is 8.09. The minimum atomic E-state index is -3.18. The Kier molecular flexibility index (Phi) is 1.61. The van der Waals surface area contributed by atoms with Gasteiger partial charge in [0.25, 0.3) is 0 Å². The summed E-state index contributed by atoms with van der Waals surface area (Å²) < 4.78 is 21.7. The lowest BCUT2D eigenvalue weighted by atomic mass is 10.5. The third-order valence-electron chi connectivity index (χ3n) is 1.21. The largest absolute Gasteiger partial charge is 0.325 e. The van der Waals surface area contributed by atoms with Gasteiger partial charge in [-0.15, -0.1) is 0 Å². The lowest BCUT2D eigenvalue weighted by Gasteiger charge is -1.84. The van der Waals surface area contributed by atoms with Gasteiger partial charge in [0.15, 0.2) is 0 Å². The van der Waals surface area contributed by atoms with Gasteiger partial charge in [0.05, 0.1) is 11.1 Å². The summed E-state index contributed by atoms with van der Waals surface area (Å²) >= 11 is 0. The number of sulfone groups is 1. The maximum Gasteiger partial charge on any atom is 0.214 e. The average molecular weight is 160 g/mol. The molecule has 0 radical (unpaired) electrons. The van der Waals surface area contributed by atoms with Crippen LogP contribution in [-0.2, 0) is 9.84 Å². The minimum absolute atomic E-state index is 0.132. The molecule has 0 atom stereocenters. The molecule has 0 amide bonds. The number of hydrogen-bond donors (Lipinski definition) is 1. The van der Waals surface area contributed by atoms with Crippen LogP contribution in [0.1, 0.15) is 6.92 Å². The molecule has 1 aliphatic heterocycles. The molecule has 0 aliphatic carbocycles. The Labute approximate surface area is 59.4 Å². The van der Waals surface area contributed by atoms with E-state index in [4.69, 9.17) is 5.73 Å². The minimum Gasteiger partial charge on any atom is -0.325 e. The van der Waals surface area contributed by atoms with Crippen molar-refractivity contribution in [3.05, 3.63) is 11.1 Å². The molecule has 0 saturated heterocycles. The predicted octanol–water partition coefficient (Wildman–Crippen LogP) is -0.367. The summed E-state index contributed by atoms with van der Waals surface area (Å²) in [6, 6.07) is 0. The normalized spacial score (nSPS) is 22.2. The van der Waals surface area contributed by atoms with Gasteiger partial charge in [-0.3, -0.25) is 0 Å². The number of nitrogens with zero attached hydrogens (tertiary/aromatic N) is 1. The SMILES string of the molecule is CC1=NC(CN)=CS1(=O)=O. The summed E-state index contributed by atoms with van der Waals surface area (Å²) in [7, 11) is -3.18. The van der Waals surface area contributed by atoms with Gasteiger partial charge in [0, 0.05) is 6.54 Å². The van der Waals surface area contributed by atoms with Crippen LogP contribution in [0.5, 0.6) is 0 Å². The molecule has 0 saturated carbocycles. The Morgan fingerprint density at radius 1 is 1.70 bits per heavy atom. The van der Waals surface area contributed by atoms with Gasteiger partial charge in [-0.25, -0.2) is 13.4 Å². The molecule has 56 valence electrons. The van der Waals surface area contributed by atoms with Crippen LogP contribution in [0.4, 0.5) is 0 Å². The third kappa shape index (κ3) is 1.10. The van der Waals surface area contributed by atoms with E-state index in [0.717, 1.165) is 5.41 Å². The fourth-order valence-electron chi connectivity index (χ4n) is 0.650. The van der Waals surface area contributed by atoms with Crippen molar-refractivity contribution >= 4 is 14.9 Å². The summed E-state index contributed by atoms with van der Waals surface area (Å²) in [6.07, 6.45) is 0. The first kappa shape index (κ1) is 7.43. The van der Waals surface area contributed by atoms with Gasteiger partial charge < -0.3 is 5.73 Å². The molecule has 0 unspecified atom stereocenters. The van der Waals surface area contributed by atoms with Gasteiger partial charge in [-0.2, -0.15) is 0 Å². The van der Waals surface area contributed by atoms with Crippen molar-refractivity contribution in [3.8, 4) is 0 Å². The Morgan fingerprint density at radius 3 is 2.50 bits per heavy atom. The molecule has 10 heavy (non-hydrogen) atoms. The summed E-state index contributed by atoms with van der Waals surface area (Å²) in [5.41, 5.74) is 5.61. The van der Waals surface area contributed by atoms with Crippen LogP contribution in [0.15, 0.2) is 16.1 Å². The second-order valence-corrected chi connectivity index (χ2v) is 3.91. The Hall–Kier alpha value is -0.680. The highest BCUT2D eigenvalue weighted by atomic mass is 32.2. The summed E-state index contributed by atoms with van der Waals surface area (Å²) in [5.74, 6) is 0. The molecular weight excluding hydrogens is 152 g/mol. The maximum atomic E-state index is 10.9. The Morgan fingerprint density at radius 2 is 2.30 bits per heavy atom. The molecule has 0 aromatic heterocycles. The zero-order chi connectivity index (χ0) is 7.78. The van der Waals surface area contributed by atoms with E-state index in [-0.39, 0.29) is 11.6 Å². The molecule has 2 N–H and O–H groups in total. The highest BCUT2D eigenvalue weighted by Gasteiger charge is 2.19. The van der Waals surface area contributed by atoms with E-state index in [9.17, 15) is 8.42 Å². The smallest absolute Gasteiger partial charge is 0.214 e. The van der Waals surface area contributed by atoms with Gasteiger partial charge in [0.2, 0.25) is 9.84 Å². The lowest BCUT2D eigenvalue weighted by molar-refractivity contribution is 0.615. The monoisotopic (exact) mass is 160 g/mol. The molecule has 4 nitrogen and oxygen atoms in total. The first-order chi connectivity index (χ1) is 4.56. The standard InChI is InChI=1S/C5H8N2O2S/c1-4-7-5(2-6)3-10(4,8)9/h3H,2,6H2,1H3. The quantitative estimate of drug-likeness (QED) is 0.569. The highest BCUT2D eigenvalue weighted by Crippen LogP contribution is 2.12.